The lowest BCUT2D eigenvalue weighted by molar-refractivity contribution is 0.420. The first-order chi connectivity index (χ1) is 15.4. The largest absolute Gasteiger partial charge is 0.354 e. The van der Waals surface area contributed by atoms with Gasteiger partial charge in [-0.1, -0.05) is 32.4 Å². The number of nitrogens with zero attached hydrogens (tertiary/aromatic N) is 6. The fourth-order valence-electron chi connectivity index (χ4n) is 3.04. The average molecular weight is 451 g/mol. The van der Waals surface area contributed by atoms with E-state index in [4.69, 9.17) is 16.7 Å². The van der Waals surface area contributed by atoms with Crippen molar-refractivity contribution in [2.75, 3.05) is 11.9 Å². The average Bonchev–Trinajstić information content (AvgIpc) is 3.44. The molecule has 0 saturated carbocycles. The topological polar surface area (TPSA) is 108 Å². The van der Waals surface area contributed by atoms with Crippen molar-refractivity contribution in [2.24, 2.45) is 0 Å². The minimum absolute atomic E-state index is 0.551. The minimum atomic E-state index is -0.827. The summed E-state index contributed by atoms with van der Waals surface area (Å²) in [5.74, 6) is 0.551. The monoisotopic (exact) mass is 450 g/mol. The van der Waals surface area contributed by atoms with Crippen LogP contribution in [0.2, 0.25) is 5.02 Å². The Kier molecular flexibility index (Phi) is 7.11. The van der Waals surface area contributed by atoms with Crippen molar-refractivity contribution in [3.05, 3.63) is 41.9 Å². The highest BCUT2D eigenvalue weighted by atomic mass is 35.5. The molecule has 2 N–H and O–H groups in total. The maximum Gasteiger partial charge on any atom is 0.223 e. The molecule has 0 aliphatic heterocycles. The fraction of sp³-hybridized carbons (Fsp3) is 0.348. The van der Waals surface area contributed by atoms with Gasteiger partial charge in [0.05, 0.1) is 16.8 Å². The lowest BCUT2D eigenvalue weighted by atomic mass is 10.1. The number of nitrogens with one attached hydrogen (secondary N) is 2. The van der Waals surface area contributed by atoms with Crippen LogP contribution in [0.3, 0.4) is 0 Å². The van der Waals surface area contributed by atoms with Gasteiger partial charge in [0, 0.05) is 47.8 Å². The van der Waals surface area contributed by atoms with Crippen molar-refractivity contribution in [3.8, 4) is 28.6 Å². The van der Waals surface area contributed by atoms with Gasteiger partial charge in [0.25, 0.3) is 0 Å². The number of pyridine rings is 1. The Morgan fingerprint density at radius 2 is 2.06 bits per heavy atom. The predicted molar refractivity (Wildman–Crippen MR) is 128 cm³/mol. The third-order valence-electron chi connectivity index (χ3n) is 4.78. The van der Waals surface area contributed by atoms with E-state index in [1.54, 1.807) is 23.3 Å². The van der Waals surface area contributed by atoms with Crippen molar-refractivity contribution >= 4 is 28.6 Å². The molecule has 0 unspecified atom stereocenters. The lowest BCUT2D eigenvalue weighted by Gasteiger charge is -2.15. The molecule has 0 aliphatic rings. The fourth-order valence-corrected chi connectivity index (χ4v) is 3.24. The number of nitriles is 1. The van der Waals surface area contributed by atoms with E-state index in [0.29, 0.717) is 28.0 Å². The minimum Gasteiger partial charge on any atom is -0.354 e. The van der Waals surface area contributed by atoms with Crippen molar-refractivity contribution in [1.29, 1.82) is 5.26 Å². The van der Waals surface area contributed by atoms with Gasteiger partial charge in [0.1, 0.15) is 16.9 Å². The summed E-state index contributed by atoms with van der Waals surface area (Å²) in [5.41, 5.74) is 2.83. The summed E-state index contributed by atoms with van der Waals surface area (Å²) in [4.78, 5) is 16.4. The number of fused-ring (bicyclic) bond motifs is 1. The van der Waals surface area contributed by atoms with Crippen molar-refractivity contribution < 1.29 is 0 Å². The highest BCUT2D eigenvalue weighted by Crippen LogP contribution is 2.34. The van der Waals surface area contributed by atoms with Gasteiger partial charge in [-0.05, 0) is 32.4 Å². The Labute approximate surface area is 192 Å². The van der Waals surface area contributed by atoms with E-state index in [-0.39, 0.29) is 0 Å². The molecule has 0 aliphatic carbocycles. The van der Waals surface area contributed by atoms with Crippen LogP contribution in [0.4, 0.5) is 5.95 Å². The summed E-state index contributed by atoms with van der Waals surface area (Å²) in [6, 6.07) is 6.06. The molecule has 32 heavy (non-hydrogen) atoms. The number of H-pyrrole nitrogens is 1. The zero-order chi connectivity index (χ0) is 23.3. The van der Waals surface area contributed by atoms with Gasteiger partial charge in [-0.25, -0.2) is 15.0 Å². The van der Waals surface area contributed by atoms with Gasteiger partial charge < -0.3 is 10.3 Å². The summed E-state index contributed by atoms with van der Waals surface area (Å²) in [5, 5.41) is 18.9. The van der Waals surface area contributed by atoms with Crippen molar-refractivity contribution in [3.63, 3.8) is 0 Å². The summed E-state index contributed by atoms with van der Waals surface area (Å²) >= 11 is 6.29. The van der Waals surface area contributed by atoms with Gasteiger partial charge >= 0.3 is 0 Å². The molecular weight excluding hydrogens is 424 g/mol. The van der Waals surface area contributed by atoms with Crippen LogP contribution in [-0.4, -0.2) is 36.3 Å². The maximum absolute atomic E-state index is 9.60. The third kappa shape index (κ3) is 4.58. The molecule has 0 atom stereocenters. The quantitative estimate of drug-likeness (QED) is 0.393. The summed E-state index contributed by atoms with van der Waals surface area (Å²) in [6.07, 6.45) is 7.96. The van der Waals surface area contributed by atoms with Gasteiger partial charge in [-0.3, -0.25) is 4.68 Å². The zero-order valence-electron chi connectivity index (χ0n) is 18.9. The molecular formula is C23H27ClN8. The Balaban J connectivity index is 0.00000141. The summed E-state index contributed by atoms with van der Waals surface area (Å²) in [7, 11) is 0. The van der Waals surface area contributed by atoms with Crippen molar-refractivity contribution in [1.82, 2.24) is 29.7 Å². The Morgan fingerprint density at radius 1 is 1.28 bits per heavy atom. The number of aromatic nitrogens is 6. The molecule has 4 aromatic heterocycles. The van der Waals surface area contributed by atoms with Crippen molar-refractivity contribution in [2.45, 2.75) is 46.6 Å². The first kappa shape index (κ1) is 23.2. The third-order valence-corrected chi connectivity index (χ3v) is 5.09. The number of rotatable bonds is 6. The molecule has 9 heteroatoms. The van der Waals surface area contributed by atoms with Crippen LogP contribution >= 0.6 is 11.6 Å². The smallest absolute Gasteiger partial charge is 0.223 e. The van der Waals surface area contributed by atoms with E-state index in [1.165, 1.54) is 0 Å². The lowest BCUT2D eigenvalue weighted by Crippen LogP contribution is -2.24. The van der Waals surface area contributed by atoms with Gasteiger partial charge in [0.2, 0.25) is 5.95 Å². The molecule has 0 amide bonds. The van der Waals surface area contributed by atoms with E-state index in [2.05, 4.69) is 38.2 Å². The molecule has 0 fully saturated rings. The zero-order valence-corrected chi connectivity index (χ0v) is 19.7. The molecule has 166 valence electrons. The Hall–Kier alpha value is -3.44. The number of halogens is 1. The van der Waals surface area contributed by atoms with Crippen LogP contribution in [0.25, 0.3) is 33.5 Å². The molecule has 4 heterocycles. The second-order valence-electron chi connectivity index (χ2n) is 7.46. The van der Waals surface area contributed by atoms with Gasteiger partial charge in [0.15, 0.2) is 0 Å². The van der Waals surface area contributed by atoms with Crippen LogP contribution in [0.15, 0.2) is 36.9 Å². The number of aromatic amines is 1. The number of hydrogen-bond acceptors (Lipinski definition) is 6. The number of hydrogen-bond donors (Lipinski definition) is 2. The first-order valence-electron chi connectivity index (χ1n) is 10.6. The maximum atomic E-state index is 9.60. The van der Waals surface area contributed by atoms with Crippen LogP contribution in [0, 0.1) is 11.3 Å². The van der Waals surface area contributed by atoms with E-state index in [1.807, 2.05) is 46.0 Å². The molecule has 4 rings (SSSR count). The normalized spacial score (nSPS) is 11.0. The van der Waals surface area contributed by atoms with Crippen LogP contribution in [0.5, 0.6) is 0 Å². The standard InChI is InChI=1S/C21H21ClN8.C2H6/c1-4-6-24-20-25-7-5-17(28-20)15-11-30(21(2,3)12-23)29-18(15)13-8-14-16(22)10-27-19(14)26-9-13;1-2/h5,7-11H,4,6H2,1-3H3,(H,26,27)(H,24,25,28);1-2H3. The van der Waals surface area contributed by atoms with E-state index < -0.39 is 5.54 Å². The van der Waals surface area contributed by atoms with Gasteiger partial charge in [-0.2, -0.15) is 10.4 Å². The molecule has 8 nitrogen and oxygen atoms in total. The Morgan fingerprint density at radius 3 is 2.78 bits per heavy atom. The summed E-state index contributed by atoms with van der Waals surface area (Å²) < 4.78 is 1.65. The molecule has 0 bridgehead atoms. The molecule has 0 spiro atoms. The number of anilines is 1. The molecule has 0 radical (unpaired) electrons. The van der Waals surface area contributed by atoms with Crippen LogP contribution < -0.4 is 5.32 Å². The summed E-state index contributed by atoms with van der Waals surface area (Å²) in [6.45, 7) is 10.5. The van der Waals surface area contributed by atoms with Crippen LogP contribution in [-0.2, 0) is 5.54 Å². The molecule has 4 aromatic rings. The highest BCUT2D eigenvalue weighted by Gasteiger charge is 2.25. The Bertz CT molecular complexity index is 1250. The second-order valence-corrected chi connectivity index (χ2v) is 7.86. The van der Waals surface area contributed by atoms with Gasteiger partial charge in [-0.15, -0.1) is 0 Å². The van der Waals surface area contributed by atoms with E-state index >= 15 is 0 Å². The van der Waals surface area contributed by atoms with Crippen LogP contribution in [0.1, 0.15) is 41.0 Å². The van der Waals surface area contributed by atoms with E-state index in [9.17, 15) is 5.26 Å². The second kappa shape index (κ2) is 9.79. The molecule has 0 aromatic carbocycles. The molecule has 0 saturated heterocycles. The first-order valence-corrected chi connectivity index (χ1v) is 11.0. The highest BCUT2D eigenvalue weighted by molar-refractivity contribution is 6.35. The SMILES string of the molecule is CC.CCCNc1nccc(-c2cn(C(C)(C)C#N)nc2-c2cnc3[nH]cc(Cl)c3c2)n1. The predicted octanol–water partition coefficient (Wildman–Crippen LogP) is 5.64. The van der Waals surface area contributed by atoms with E-state index in [0.717, 1.165) is 29.5 Å².